The van der Waals surface area contributed by atoms with Crippen molar-refractivity contribution in [1.29, 1.82) is 0 Å². The van der Waals surface area contributed by atoms with E-state index >= 15 is 0 Å². The second-order valence-electron chi connectivity index (χ2n) is 6.96. The second-order valence-corrected chi connectivity index (χ2v) is 8.85. The molecule has 0 saturated carbocycles. The van der Waals surface area contributed by atoms with Crippen molar-refractivity contribution >= 4 is 10.0 Å². The third-order valence-corrected chi connectivity index (χ3v) is 6.92. The van der Waals surface area contributed by atoms with Crippen molar-refractivity contribution in [3.05, 3.63) is 46.8 Å². The fraction of sp³-hybridized carbons (Fsp3) is 0.526. The maximum absolute atomic E-state index is 13.2. The molecule has 1 aliphatic rings. The van der Waals surface area contributed by atoms with E-state index in [-0.39, 0.29) is 6.04 Å². The summed E-state index contributed by atoms with van der Waals surface area (Å²) in [7, 11) is -3.53. The van der Waals surface area contributed by atoms with Crippen LogP contribution in [0.5, 0.6) is 0 Å². The summed E-state index contributed by atoms with van der Waals surface area (Å²) in [5, 5.41) is 4.06. The Balaban J connectivity index is 1.97. The summed E-state index contributed by atoms with van der Waals surface area (Å²) >= 11 is 0. The van der Waals surface area contributed by atoms with E-state index in [1.165, 1.54) is 0 Å². The van der Waals surface area contributed by atoms with Crippen molar-refractivity contribution in [2.75, 3.05) is 6.54 Å². The molecule has 1 atom stereocenters. The summed E-state index contributed by atoms with van der Waals surface area (Å²) in [6, 6.07) is 7.08. The largest absolute Gasteiger partial charge is 0.361 e. The molecule has 1 aromatic heterocycles. The van der Waals surface area contributed by atoms with E-state index < -0.39 is 10.0 Å². The molecular formula is C19H26N2O3S. The van der Waals surface area contributed by atoms with Crippen LogP contribution >= 0.6 is 0 Å². The predicted molar refractivity (Wildman–Crippen MR) is 97.0 cm³/mol. The highest BCUT2D eigenvalue weighted by Crippen LogP contribution is 2.39. The third kappa shape index (κ3) is 3.25. The SMILES string of the molecule is CCc1onc(C)c1[C@H]1CCCN1S(=O)(=O)c1ccc(C(C)C)cc1. The monoisotopic (exact) mass is 362 g/mol. The van der Waals surface area contributed by atoms with Gasteiger partial charge in [-0.15, -0.1) is 0 Å². The summed E-state index contributed by atoms with van der Waals surface area (Å²) in [4.78, 5) is 0.357. The van der Waals surface area contributed by atoms with Gasteiger partial charge in [0.1, 0.15) is 5.76 Å². The molecule has 5 nitrogen and oxygen atoms in total. The number of hydrogen-bond acceptors (Lipinski definition) is 4. The van der Waals surface area contributed by atoms with E-state index in [0.29, 0.717) is 23.8 Å². The maximum atomic E-state index is 13.2. The summed E-state index contributed by atoms with van der Waals surface area (Å²) < 4.78 is 33.4. The Hall–Kier alpha value is -1.66. The molecule has 0 aliphatic carbocycles. The predicted octanol–water partition coefficient (Wildman–Crippen LogP) is 4.19. The molecule has 6 heteroatoms. The Kier molecular flexibility index (Phi) is 5.02. The van der Waals surface area contributed by atoms with Crippen molar-refractivity contribution in [3.8, 4) is 0 Å². The number of aromatic nitrogens is 1. The minimum atomic E-state index is -3.53. The molecule has 1 aromatic carbocycles. The second kappa shape index (κ2) is 6.92. The average molecular weight is 362 g/mol. The highest BCUT2D eigenvalue weighted by molar-refractivity contribution is 7.89. The summed E-state index contributed by atoms with van der Waals surface area (Å²) in [6.45, 7) is 8.62. The van der Waals surface area contributed by atoms with Crippen LogP contribution in [0.25, 0.3) is 0 Å². The van der Waals surface area contributed by atoms with Gasteiger partial charge in [-0.1, -0.05) is 38.1 Å². The minimum absolute atomic E-state index is 0.184. The van der Waals surface area contributed by atoms with E-state index in [0.717, 1.165) is 35.4 Å². The zero-order valence-electron chi connectivity index (χ0n) is 15.3. The zero-order valence-corrected chi connectivity index (χ0v) is 16.1. The van der Waals surface area contributed by atoms with Crippen molar-refractivity contribution in [3.63, 3.8) is 0 Å². The Morgan fingerprint density at radius 2 is 1.96 bits per heavy atom. The first-order valence-electron chi connectivity index (χ1n) is 8.93. The van der Waals surface area contributed by atoms with Gasteiger partial charge < -0.3 is 4.52 Å². The van der Waals surface area contributed by atoms with E-state index in [2.05, 4.69) is 19.0 Å². The molecule has 0 unspecified atom stereocenters. The molecule has 3 rings (SSSR count). The molecule has 0 radical (unpaired) electrons. The van der Waals surface area contributed by atoms with Gasteiger partial charge in [-0.05, 0) is 43.4 Å². The van der Waals surface area contributed by atoms with Gasteiger partial charge in [0.15, 0.2) is 0 Å². The van der Waals surface area contributed by atoms with Gasteiger partial charge in [0.2, 0.25) is 10.0 Å². The normalized spacial score (nSPS) is 19.0. The molecule has 1 fully saturated rings. The topological polar surface area (TPSA) is 63.4 Å². The molecular weight excluding hydrogens is 336 g/mol. The lowest BCUT2D eigenvalue weighted by atomic mass is 10.0. The van der Waals surface area contributed by atoms with Gasteiger partial charge >= 0.3 is 0 Å². The number of hydrogen-bond donors (Lipinski definition) is 0. The Morgan fingerprint density at radius 3 is 2.56 bits per heavy atom. The van der Waals surface area contributed by atoms with Crippen LogP contribution in [0.1, 0.15) is 68.2 Å². The van der Waals surface area contributed by atoms with Gasteiger partial charge in [0.25, 0.3) is 0 Å². The Labute approximate surface area is 150 Å². The smallest absolute Gasteiger partial charge is 0.243 e. The Morgan fingerprint density at radius 1 is 1.28 bits per heavy atom. The fourth-order valence-electron chi connectivity index (χ4n) is 3.58. The molecule has 2 heterocycles. The minimum Gasteiger partial charge on any atom is -0.361 e. The van der Waals surface area contributed by atoms with Crippen LogP contribution in [0, 0.1) is 6.92 Å². The number of aryl methyl sites for hydroxylation is 2. The molecule has 25 heavy (non-hydrogen) atoms. The molecule has 0 bridgehead atoms. The van der Waals surface area contributed by atoms with E-state index in [9.17, 15) is 8.42 Å². The maximum Gasteiger partial charge on any atom is 0.243 e. The van der Waals surface area contributed by atoms with Crippen LogP contribution in [0.4, 0.5) is 0 Å². The first-order chi connectivity index (χ1) is 11.9. The van der Waals surface area contributed by atoms with Crippen molar-refractivity contribution < 1.29 is 12.9 Å². The molecule has 1 saturated heterocycles. The highest BCUT2D eigenvalue weighted by Gasteiger charge is 2.39. The van der Waals surface area contributed by atoms with Gasteiger partial charge in [0.05, 0.1) is 16.6 Å². The number of nitrogens with zero attached hydrogens (tertiary/aromatic N) is 2. The van der Waals surface area contributed by atoms with Crippen molar-refractivity contribution in [2.45, 2.75) is 63.8 Å². The molecule has 0 spiro atoms. The number of rotatable bonds is 5. The standard InChI is InChI=1S/C19H26N2O3S/c1-5-18-19(14(4)20-24-18)17-7-6-12-21(17)25(22,23)16-10-8-15(9-11-16)13(2)3/h8-11,13,17H,5-7,12H2,1-4H3/t17-/m1/s1. The summed E-state index contributed by atoms with van der Waals surface area (Å²) in [6.07, 6.45) is 2.36. The van der Waals surface area contributed by atoms with Gasteiger partial charge in [-0.3, -0.25) is 0 Å². The summed E-state index contributed by atoms with van der Waals surface area (Å²) in [5.41, 5.74) is 2.88. The third-order valence-electron chi connectivity index (χ3n) is 4.99. The number of benzene rings is 1. The van der Waals surface area contributed by atoms with Gasteiger partial charge in [-0.2, -0.15) is 4.31 Å². The zero-order chi connectivity index (χ0) is 18.2. The molecule has 0 N–H and O–H groups in total. The van der Waals surface area contributed by atoms with Crippen LogP contribution in [0.15, 0.2) is 33.7 Å². The lowest BCUT2D eigenvalue weighted by Crippen LogP contribution is -2.31. The fourth-order valence-corrected chi connectivity index (χ4v) is 5.25. The molecule has 136 valence electrons. The van der Waals surface area contributed by atoms with Crippen molar-refractivity contribution in [2.24, 2.45) is 0 Å². The van der Waals surface area contributed by atoms with Crippen molar-refractivity contribution in [1.82, 2.24) is 9.46 Å². The van der Waals surface area contributed by atoms with E-state index in [1.807, 2.05) is 26.0 Å². The van der Waals surface area contributed by atoms with E-state index in [1.54, 1.807) is 16.4 Å². The average Bonchev–Trinajstić information content (AvgIpc) is 3.21. The van der Waals surface area contributed by atoms with Crippen LogP contribution in [-0.2, 0) is 16.4 Å². The summed E-state index contributed by atoms with van der Waals surface area (Å²) in [5.74, 6) is 1.17. The molecule has 0 amide bonds. The van der Waals surface area contributed by atoms with Crippen LogP contribution in [0.3, 0.4) is 0 Å². The lowest BCUT2D eigenvalue weighted by Gasteiger charge is -2.24. The van der Waals surface area contributed by atoms with Crippen LogP contribution in [0.2, 0.25) is 0 Å². The van der Waals surface area contributed by atoms with Gasteiger partial charge in [-0.25, -0.2) is 8.42 Å². The Bertz CT molecular complexity index is 838. The van der Waals surface area contributed by atoms with Crippen LogP contribution in [-0.4, -0.2) is 24.4 Å². The first kappa shape index (κ1) is 18.1. The van der Waals surface area contributed by atoms with E-state index in [4.69, 9.17) is 4.52 Å². The van der Waals surface area contributed by atoms with Crippen LogP contribution < -0.4 is 0 Å². The van der Waals surface area contributed by atoms with Gasteiger partial charge in [0, 0.05) is 18.5 Å². The lowest BCUT2D eigenvalue weighted by molar-refractivity contribution is 0.368. The first-order valence-corrected chi connectivity index (χ1v) is 10.4. The quantitative estimate of drug-likeness (QED) is 0.800. The molecule has 1 aliphatic heterocycles. The number of sulfonamides is 1. The highest BCUT2D eigenvalue weighted by atomic mass is 32.2. The molecule has 2 aromatic rings.